The first-order chi connectivity index (χ1) is 26.7. The topological polar surface area (TPSA) is 25.8 Å². The van der Waals surface area contributed by atoms with E-state index >= 15 is 0 Å². The SMILES string of the molecule is c1ccc(-c2cccc(-c3cccc(-c4cccc(-c5cc(-c6ccccc6)cc(-c6cc(-c7cccnc7)cc(-c7ccccn7)c6)c5)c4)c3)c2)cc1. The molecule has 0 atom stereocenters. The highest BCUT2D eigenvalue weighted by molar-refractivity contribution is 5.87. The summed E-state index contributed by atoms with van der Waals surface area (Å²) in [6, 6.07) is 71.6. The molecule has 9 aromatic rings. The second kappa shape index (κ2) is 14.8. The highest BCUT2D eigenvalue weighted by Crippen LogP contribution is 2.38. The number of pyridine rings is 2. The van der Waals surface area contributed by atoms with Gasteiger partial charge in [0.1, 0.15) is 0 Å². The van der Waals surface area contributed by atoms with Crippen molar-refractivity contribution < 1.29 is 0 Å². The van der Waals surface area contributed by atoms with E-state index in [4.69, 9.17) is 4.98 Å². The summed E-state index contributed by atoms with van der Waals surface area (Å²) in [5.41, 5.74) is 18.3. The van der Waals surface area contributed by atoms with E-state index in [1.165, 1.54) is 44.5 Å². The number of hydrogen-bond acceptors (Lipinski definition) is 2. The third kappa shape index (κ3) is 7.01. The van der Waals surface area contributed by atoms with E-state index < -0.39 is 0 Å². The lowest BCUT2D eigenvalue weighted by Gasteiger charge is -2.15. The maximum Gasteiger partial charge on any atom is 0.0702 e. The van der Waals surface area contributed by atoms with Crippen molar-refractivity contribution in [3.8, 4) is 89.1 Å². The fourth-order valence-corrected chi connectivity index (χ4v) is 7.20. The first kappa shape index (κ1) is 32.7. The molecule has 2 heteroatoms. The van der Waals surface area contributed by atoms with Crippen LogP contribution in [0.1, 0.15) is 0 Å². The Morgan fingerprint density at radius 1 is 0.222 bits per heavy atom. The van der Waals surface area contributed by atoms with Crippen molar-refractivity contribution >= 4 is 0 Å². The number of benzene rings is 7. The maximum absolute atomic E-state index is 4.72. The lowest BCUT2D eigenvalue weighted by Crippen LogP contribution is -1.90. The van der Waals surface area contributed by atoms with Gasteiger partial charge in [-0.1, -0.05) is 127 Å². The van der Waals surface area contributed by atoms with E-state index in [-0.39, 0.29) is 0 Å². The summed E-state index contributed by atoms with van der Waals surface area (Å²) in [6.07, 6.45) is 5.59. The van der Waals surface area contributed by atoms with Crippen molar-refractivity contribution in [3.63, 3.8) is 0 Å². The summed E-state index contributed by atoms with van der Waals surface area (Å²) in [7, 11) is 0. The minimum atomic E-state index is 0.936. The third-order valence-electron chi connectivity index (χ3n) is 9.96. The van der Waals surface area contributed by atoms with Gasteiger partial charge in [-0.05, 0) is 145 Å². The fraction of sp³-hybridized carbons (Fsp3) is 0. The molecule has 254 valence electrons. The van der Waals surface area contributed by atoms with E-state index in [1.54, 1.807) is 0 Å². The molecule has 0 radical (unpaired) electrons. The second-order valence-electron chi connectivity index (χ2n) is 13.5. The van der Waals surface area contributed by atoms with Gasteiger partial charge in [0.25, 0.3) is 0 Å². The minimum Gasteiger partial charge on any atom is -0.264 e. The molecular weight excluding hydrogens is 653 g/mol. The zero-order valence-electron chi connectivity index (χ0n) is 29.7. The van der Waals surface area contributed by atoms with Crippen LogP contribution in [0.5, 0.6) is 0 Å². The van der Waals surface area contributed by atoms with E-state index in [9.17, 15) is 0 Å². The Kier molecular flexibility index (Phi) is 8.99. The Labute approximate surface area is 316 Å². The molecular formula is C52H36N2. The normalized spacial score (nSPS) is 11.0. The molecule has 0 aliphatic carbocycles. The predicted octanol–water partition coefficient (Wildman–Crippen LogP) is 13.8. The fourth-order valence-electron chi connectivity index (χ4n) is 7.20. The lowest BCUT2D eigenvalue weighted by molar-refractivity contribution is 1.32. The van der Waals surface area contributed by atoms with Crippen LogP contribution in [0.3, 0.4) is 0 Å². The molecule has 0 aliphatic heterocycles. The Balaban J connectivity index is 1.14. The molecule has 0 N–H and O–H groups in total. The van der Waals surface area contributed by atoms with Gasteiger partial charge in [-0.15, -0.1) is 0 Å². The monoisotopic (exact) mass is 688 g/mol. The largest absolute Gasteiger partial charge is 0.264 e. The van der Waals surface area contributed by atoms with Crippen molar-refractivity contribution in [2.24, 2.45) is 0 Å². The maximum atomic E-state index is 4.72. The van der Waals surface area contributed by atoms with Crippen LogP contribution < -0.4 is 0 Å². The molecule has 54 heavy (non-hydrogen) atoms. The molecule has 0 unspecified atom stereocenters. The molecule has 0 spiro atoms. The third-order valence-corrected chi connectivity index (χ3v) is 9.96. The van der Waals surface area contributed by atoms with E-state index in [0.717, 1.165) is 44.6 Å². The number of nitrogens with zero attached hydrogens (tertiary/aromatic N) is 2. The predicted molar refractivity (Wildman–Crippen MR) is 226 cm³/mol. The summed E-state index contributed by atoms with van der Waals surface area (Å²) in [5, 5.41) is 0. The zero-order valence-corrected chi connectivity index (χ0v) is 29.7. The first-order valence-corrected chi connectivity index (χ1v) is 18.3. The van der Waals surface area contributed by atoms with Crippen LogP contribution in [0.25, 0.3) is 89.1 Å². The minimum absolute atomic E-state index is 0.936. The van der Waals surface area contributed by atoms with Crippen molar-refractivity contribution in [3.05, 3.63) is 219 Å². The van der Waals surface area contributed by atoms with Crippen LogP contribution in [0.15, 0.2) is 219 Å². The molecule has 2 nitrogen and oxygen atoms in total. The Morgan fingerprint density at radius 2 is 0.574 bits per heavy atom. The van der Waals surface area contributed by atoms with Crippen molar-refractivity contribution in [1.82, 2.24) is 9.97 Å². The van der Waals surface area contributed by atoms with Crippen LogP contribution in [-0.4, -0.2) is 9.97 Å². The average molecular weight is 689 g/mol. The lowest BCUT2D eigenvalue weighted by atomic mass is 9.90. The summed E-state index contributed by atoms with van der Waals surface area (Å²) in [5.74, 6) is 0. The molecule has 2 heterocycles. The van der Waals surface area contributed by atoms with Gasteiger partial charge in [0.2, 0.25) is 0 Å². The highest BCUT2D eigenvalue weighted by Gasteiger charge is 2.13. The van der Waals surface area contributed by atoms with Gasteiger partial charge in [0.15, 0.2) is 0 Å². The molecule has 0 amide bonds. The highest BCUT2D eigenvalue weighted by atomic mass is 14.7. The quantitative estimate of drug-likeness (QED) is 0.159. The van der Waals surface area contributed by atoms with Crippen LogP contribution in [-0.2, 0) is 0 Å². The number of hydrogen-bond donors (Lipinski definition) is 0. The average Bonchev–Trinajstić information content (AvgIpc) is 3.27. The summed E-state index contributed by atoms with van der Waals surface area (Å²) in [4.78, 5) is 9.15. The van der Waals surface area contributed by atoms with Gasteiger partial charge in [-0.2, -0.15) is 0 Å². The van der Waals surface area contributed by atoms with Crippen molar-refractivity contribution in [2.75, 3.05) is 0 Å². The molecule has 0 saturated heterocycles. The Bertz CT molecular complexity index is 2630. The summed E-state index contributed by atoms with van der Waals surface area (Å²) >= 11 is 0. The number of aromatic nitrogens is 2. The van der Waals surface area contributed by atoms with Gasteiger partial charge in [-0.25, -0.2) is 0 Å². The van der Waals surface area contributed by atoms with Crippen LogP contribution >= 0.6 is 0 Å². The molecule has 9 rings (SSSR count). The second-order valence-corrected chi connectivity index (χ2v) is 13.5. The summed E-state index contributed by atoms with van der Waals surface area (Å²) < 4.78 is 0. The standard InChI is InChI=1S/C52H36N2/c1-3-13-37(14-4-1)39-17-9-18-40(27-39)41-19-10-20-42(28-41)43-21-11-22-44(29-43)47-30-46(38-15-5-2-6-16-38)31-49(32-47)50-33-48(45-23-12-25-53-36-45)34-51(35-50)52-24-7-8-26-54-52/h1-36H. The molecule has 7 aromatic carbocycles. The molecule has 0 saturated carbocycles. The van der Waals surface area contributed by atoms with Crippen LogP contribution in [0.2, 0.25) is 0 Å². The van der Waals surface area contributed by atoms with Crippen molar-refractivity contribution in [2.45, 2.75) is 0 Å². The van der Waals surface area contributed by atoms with E-state index in [0.29, 0.717) is 0 Å². The number of rotatable bonds is 8. The smallest absolute Gasteiger partial charge is 0.0702 e. The van der Waals surface area contributed by atoms with Crippen molar-refractivity contribution in [1.29, 1.82) is 0 Å². The van der Waals surface area contributed by atoms with Gasteiger partial charge in [0.05, 0.1) is 5.69 Å². The zero-order chi connectivity index (χ0) is 36.1. The molecule has 2 aromatic heterocycles. The molecule has 0 aliphatic rings. The molecule has 0 fully saturated rings. The van der Waals surface area contributed by atoms with Gasteiger partial charge >= 0.3 is 0 Å². The van der Waals surface area contributed by atoms with Gasteiger partial charge < -0.3 is 0 Å². The first-order valence-electron chi connectivity index (χ1n) is 18.3. The summed E-state index contributed by atoms with van der Waals surface area (Å²) in [6.45, 7) is 0. The Morgan fingerprint density at radius 3 is 1.06 bits per heavy atom. The van der Waals surface area contributed by atoms with Gasteiger partial charge in [0, 0.05) is 29.7 Å². The van der Waals surface area contributed by atoms with E-state index in [1.807, 2.05) is 36.8 Å². The van der Waals surface area contributed by atoms with Crippen LogP contribution in [0.4, 0.5) is 0 Å². The van der Waals surface area contributed by atoms with Gasteiger partial charge in [-0.3, -0.25) is 9.97 Å². The van der Waals surface area contributed by atoms with E-state index in [2.05, 4.69) is 187 Å². The van der Waals surface area contributed by atoms with Crippen LogP contribution in [0, 0.1) is 0 Å². The Hall–Kier alpha value is -7.16. The molecule has 0 bridgehead atoms.